The number of ether oxygens (including phenoxy) is 1. The second-order valence-corrected chi connectivity index (χ2v) is 7.98. The second kappa shape index (κ2) is 8.37. The molecule has 0 unspecified atom stereocenters. The molecule has 2 aliphatic rings. The topological polar surface area (TPSA) is 87.7 Å². The summed E-state index contributed by atoms with van der Waals surface area (Å²) in [6.45, 7) is 2.07. The van der Waals surface area contributed by atoms with Crippen LogP contribution in [0.2, 0.25) is 0 Å². The lowest BCUT2D eigenvalue weighted by molar-refractivity contribution is -0.135. The number of fused-ring (bicyclic) bond motifs is 1. The molecule has 1 saturated heterocycles. The summed E-state index contributed by atoms with van der Waals surface area (Å²) in [5.41, 5.74) is 0.833. The molecule has 2 aromatic carbocycles. The summed E-state index contributed by atoms with van der Waals surface area (Å²) in [5, 5.41) is 5.57. The number of halogens is 1. The van der Waals surface area contributed by atoms with Gasteiger partial charge in [-0.2, -0.15) is 0 Å². The van der Waals surface area contributed by atoms with Crippen LogP contribution in [0.1, 0.15) is 40.7 Å². The molecule has 0 radical (unpaired) electrons. The number of hydrogen-bond donors (Lipinski definition) is 2. The molecule has 2 N–H and O–H groups in total. The number of nitrogens with one attached hydrogen (secondary N) is 2. The van der Waals surface area contributed by atoms with Gasteiger partial charge in [-0.05, 0) is 25.1 Å². The molecule has 4 rings (SSSR count). The Hall–Kier alpha value is -3.42. The number of aryl methyl sites for hydroxylation is 1. The number of amides is 3. The minimum Gasteiger partial charge on any atom is -0.467 e. The van der Waals surface area contributed by atoms with E-state index in [2.05, 4.69) is 10.6 Å². The number of rotatable bonds is 4. The highest BCUT2D eigenvalue weighted by molar-refractivity contribution is 5.98. The lowest BCUT2D eigenvalue weighted by Crippen LogP contribution is -2.56. The fourth-order valence-corrected chi connectivity index (χ4v) is 3.91. The molecule has 162 valence electrons. The summed E-state index contributed by atoms with van der Waals surface area (Å²) in [4.78, 5) is 39.0. The first kappa shape index (κ1) is 20.8. The largest absolute Gasteiger partial charge is 0.467 e. The molecule has 2 heterocycles. The van der Waals surface area contributed by atoms with Crippen LogP contribution in [0.4, 0.5) is 4.39 Å². The monoisotopic (exact) mass is 425 g/mol. The Morgan fingerprint density at radius 3 is 2.84 bits per heavy atom. The zero-order chi connectivity index (χ0) is 22.0. The fourth-order valence-electron chi connectivity index (χ4n) is 3.91. The van der Waals surface area contributed by atoms with E-state index >= 15 is 0 Å². The Morgan fingerprint density at radius 2 is 2.03 bits per heavy atom. The maximum atomic E-state index is 13.7. The summed E-state index contributed by atoms with van der Waals surface area (Å²) in [7, 11) is 0. The van der Waals surface area contributed by atoms with Crippen molar-refractivity contribution in [2.75, 3.05) is 13.1 Å². The van der Waals surface area contributed by atoms with Crippen molar-refractivity contribution in [2.45, 2.75) is 38.5 Å². The van der Waals surface area contributed by atoms with Gasteiger partial charge >= 0.3 is 0 Å². The Kier molecular flexibility index (Phi) is 5.63. The molecule has 3 amide bonds. The van der Waals surface area contributed by atoms with Gasteiger partial charge < -0.3 is 20.3 Å². The van der Waals surface area contributed by atoms with E-state index in [1.807, 2.05) is 13.0 Å². The first-order chi connectivity index (χ1) is 14.8. The van der Waals surface area contributed by atoms with Crippen LogP contribution in [-0.2, 0) is 16.1 Å². The molecule has 0 bridgehead atoms. The molecular formula is C23H24FN3O4. The maximum absolute atomic E-state index is 13.7. The minimum absolute atomic E-state index is 0.0485. The third kappa shape index (κ3) is 4.52. The summed E-state index contributed by atoms with van der Waals surface area (Å²) in [5.74, 6) is -0.685. The normalized spacial score (nSPS) is 20.5. The summed E-state index contributed by atoms with van der Waals surface area (Å²) in [6, 6.07) is 11.6. The lowest BCUT2D eigenvalue weighted by Gasteiger charge is -2.38. The molecule has 2 aromatic rings. The first-order valence-electron chi connectivity index (χ1n) is 10.3. The van der Waals surface area contributed by atoms with E-state index < -0.39 is 11.5 Å². The van der Waals surface area contributed by atoms with Crippen LogP contribution in [0, 0.1) is 12.7 Å². The predicted octanol–water partition coefficient (Wildman–Crippen LogP) is 2.28. The third-order valence-corrected chi connectivity index (χ3v) is 5.68. The van der Waals surface area contributed by atoms with Crippen LogP contribution >= 0.6 is 0 Å². The van der Waals surface area contributed by atoms with Crippen molar-refractivity contribution in [3.05, 3.63) is 65.0 Å². The zero-order valence-electron chi connectivity index (χ0n) is 17.2. The van der Waals surface area contributed by atoms with Gasteiger partial charge in [-0.3, -0.25) is 14.4 Å². The molecular weight excluding hydrogens is 401 g/mol. The molecule has 0 saturated carbocycles. The first-order valence-corrected chi connectivity index (χ1v) is 10.3. The molecule has 0 aromatic heterocycles. The number of benzene rings is 2. The zero-order valence-corrected chi connectivity index (χ0v) is 17.2. The van der Waals surface area contributed by atoms with E-state index in [0.717, 1.165) is 5.56 Å². The molecule has 1 atom stereocenters. The quantitative estimate of drug-likeness (QED) is 0.787. The number of carbonyl (C=O) groups excluding carboxylic acids is 3. The molecule has 1 spiro atoms. The summed E-state index contributed by atoms with van der Waals surface area (Å²) in [6.07, 6.45) is 0.818. The molecule has 0 aliphatic carbocycles. The predicted molar refractivity (Wildman–Crippen MR) is 111 cm³/mol. The second-order valence-electron chi connectivity index (χ2n) is 7.98. The van der Waals surface area contributed by atoms with Crippen molar-refractivity contribution in [2.24, 2.45) is 0 Å². The lowest BCUT2D eigenvalue weighted by atomic mass is 9.99. The van der Waals surface area contributed by atoms with Gasteiger partial charge in [-0.25, -0.2) is 4.39 Å². The van der Waals surface area contributed by atoms with Crippen LogP contribution in [0.15, 0.2) is 42.5 Å². The highest BCUT2D eigenvalue weighted by atomic mass is 19.1. The van der Waals surface area contributed by atoms with Gasteiger partial charge in [0.1, 0.15) is 11.6 Å². The van der Waals surface area contributed by atoms with Gasteiger partial charge in [0.2, 0.25) is 11.8 Å². The number of nitrogens with zero attached hydrogens (tertiary/aromatic N) is 1. The highest BCUT2D eigenvalue weighted by Crippen LogP contribution is 2.34. The number of hydrogen-bond acceptors (Lipinski definition) is 4. The van der Waals surface area contributed by atoms with Crippen molar-refractivity contribution in [1.29, 1.82) is 0 Å². The number of likely N-dealkylation sites (tertiary alicyclic amines) is 1. The highest BCUT2D eigenvalue weighted by Gasteiger charge is 2.42. The van der Waals surface area contributed by atoms with E-state index in [-0.39, 0.29) is 43.8 Å². The molecule has 8 heteroatoms. The smallest absolute Gasteiger partial charge is 0.258 e. The molecule has 31 heavy (non-hydrogen) atoms. The van der Waals surface area contributed by atoms with Crippen LogP contribution in [0.5, 0.6) is 5.75 Å². The maximum Gasteiger partial charge on any atom is 0.258 e. The van der Waals surface area contributed by atoms with E-state index in [9.17, 15) is 18.8 Å². The summed E-state index contributed by atoms with van der Waals surface area (Å²) < 4.78 is 19.8. The van der Waals surface area contributed by atoms with E-state index in [1.54, 1.807) is 30.3 Å². The Labute approximate surface area is 179 Å². The Balaban J connectivity index is 1.39. The standard InChI is InChI=1S/C23H24FN3O4/c1-15-6-7-19-17(12-15)22(30)26-23(31-19)9-8-21(29)27(11-10-23)14-20(28)25-13-16-4-2-3-5-18(16)24/h2-7,12H,8-11,13-14H2,1H3,(H,25,28)(H,26,30)/t23-/m0/s1. The van der Waals surface area contributed by atoms with Crippen LogP contribution in [0.25, 0.3) is 0 Å². The van der Waals surface area contributed by atoms with Gasteiger partial charge in [0.15, 0.2) is 5.72 Å². The van der Waals surface area contributed by atoms with Gasteiger partial charge in [-0.1, -0.05) is 29.8 Å². The number of carbonyl (C=O) groups is 3. The average molecular weight is 425 g/mol. The van der Waals surface area contributed by atoms with E-state index in [1.165, 1.54) is 11.0 Å². The van der Waals surface area contributed by atoms with E-state index in [4.69, 9.17) is 4.74 Å². The fraction of sp³-hybridized carbons (Fsp3) is 0.348. The summed E-state index contributed by atoms with van der Waals surface area (Å²) >= 11 is 0. The Morgan fingerprint density at radius 1 is 1.23 bits per heavy atom. The van der Waals surface area contributed by atoms with Crippen molar-refractivity contribution in [3.8, 4) is 5.75 Å². The molecule has 7 nitrogen and oxygen atoms in total. The Bertz CT molecular complexity index is 1040. The van der Waals surface area contributed by atoms with Gasteiger partial charge in [-0.15, -0.1) is 0 Å². The van der Waals surface area contributed by atoms with Gasteiger partial charge in [0.25, 0.3) is 5.91 Å². The van der Waals surface area contributed by atoms with Crippen molar-refractivity contribution >= 4 is 17.7 Å². The average Bonchev–Trinajstić information content (AvgIpc) is 2.88. The third-order valence-electron chi connectivity index (χ3n) is 5.68. The van der Waals surface area contributed by atoms with Gasteiger partial charge in [0, 0.05) is 37.9 Å². The van der Waals surface area contributed by atoms with Crippen LogP contribution < -0.4 is 15.4 Å². The van der Waals surface area contributed by atoms with Crippen molar-refractivity contribution in [1.82, 2.24) is 15.5 Å². The molecule has 1 fully saturated rings. The van der Waals surface area contributed by atoms with Crippen molar-refractivity contribution in [3.63, 3.8) is 0 Å². The van der Waals surface area contributed by atoms with E-state index in [0.29, 0.717) is 29.7 Å². The SMILES string of the molecule is Cc1ccc2c(c1)C(=O)N[C@@]1(CCC(=O)N(CC(=O)NCc3ccccc3F)CC1)O2. The van der Waals surface area contributed by atoms with Crippen LogP contribution in [0.3, 0.4) is 0 Å². The minimum atomic E-state index is -0.979. The van der Waals surface area contributed by atoms with Crippen LogP contribution in [-0.4, -0.2) is 41.4 Å². The van der Waals surface area contributed by atoms with Gasteiger partial charge in [0.05, 0.1) is 12.1 Å². The van der Waals surface area contributed by atoms with Crippen molar-refractivity contribution < 1.29 is 23.5 Å². The molecule has 2 aliphatic heterocycles.